The van der Waals surface area contributed by atoms with Gasteiger partial charge in [-0.1, -0.05) is 12.8 Å². The minimum atomic E-state index is -1.29. The number of aromatic nitrogens is 2. The molecule has 2 aromatic rings. The Morgan fingerprint density at radius 1 is 1.36 bits per heavy atom. The molecule has 1 N–H and O–H groups in total. The zero-order valence-corrected chi connectivity index (χ0v) is 16.2. The lowest BCUT2D eigenvalue weighted by molar-refractivity contribution is -0.132. The number of carbonyl (C=O) groups is 1. The van der Waals surface area contributed by atoms with Crippen LogP contribution in [0.3, 0.4) is 0 Å². The van der Waals surface area contributed by atoms with Crippen LogP contribution in [-0.2, 0) is 4.79 Å². The fraction of sp³-hybridized carbons (Fsp3) is 0.476. The molecule has 0 radical (unpaired) electrons. The molecular formula is C21H25N3O4. The molecule has 7 heteroatoms. The molecule has 2 aromatic heterocycles. The number of fused-ring (bicyclic) bond motifs is 1. The summed E-state index contributed by atoms with van der Waals surface area (Å²) in [4.78, 5) is 15.9. The number of imidazole rings is 1. The molecule has 0 spiro atoms. The van der Waals surface area contributed by atoms with E-state index in [0.717, 1.165) is 25.7 Å². The van der Waals surface area contributed by atoms with Gasteiger partial charge in [0.15, 0.2) is 11.4 Å². The van der Waals surface area contributed by atoms with Crippen LogP contribution in [0.5, 0.6) is 11.6 Å². The molecule has 0 unspecified atom stereocenters. The maximum atomic E-state index is 11.3. The van der Waals surface area contributed by atoms with Crippen LogP contribution in [0.1, 0.15) is 58.1 Å². The summed E-state index contributed by atoms with van der Waals surface area (Å²) in [6.07, 6.45) is 9.86. The quantitative estimate of drug-likeness (QED) is 0.456. The van der Waals surface area contributed by atoms with E-state index in [-0.39, 0.29) is 23.7 Å². The Morgan fingerprint density at radius 3 is 2.68 bits per heavy atom. The Bertz CT molecular complexity index is 916. The number of nitriles is 1. The number of carboxylic acid groups (broad SMARTS) is 1. The molecule has 1 saturated carbocycles. The first kappa shape index (κ1) is 19.7. The molecule has 0 aliphatic heterocycles. The first-order valence-corrected chi connectivity index (χ1v) is 9.69. The van der Waals surface area contributed by atoms with Crippen LogP contribution in [0, 0.1) is 11.3 Å². The lowest BCUT2D eigenvalue weighted by atomic mass is 10.1. The van der Waals surface area contributed by atoms with Gasteiger partial charge in [0.05, 0.1) is 12.2 Å². The molecule has 7 nitrogen and oxygen atoms in total. The molecule has 3 rings (SSSR count). The van der Waals surface area contributed by atoms with Crippen LogP contribution in [0.25, 0.3) is 11.7 Å². The summed E-state index contributed by atoms with van der Waals surface area (Å²) in [5.74, 6) is -0.379. The fourth-order valence-corrected chi connectivity index (χ4v) is 3.39. The Labute approximate surface area is 164 Å². The Kier molecular flexibility index (Phi) is 6.19. The fourth-order valence-electron chi connectivity index (χ4n) is 3.39. The summed E-state index contributed by atoms with van der Waals surface area (Å²) in [5, 5.41) is 18.4. The largest absolute Gasteiger partial charge is 0.487 e. The lowest BCUT2D eigenvalue weighted by Crippen LogP contribution is -2.15. The highest BCUT2D eigenvalue weighted by Crippen LogP contribution is 2.31. The van der Waals surface area contributed by atoms with Crippen LogP contribution in [-0.4, -0.2) is 32.7 Å². The molecule has 0 aromatic carbocycles. The number of hydrogen-bond acceptors (Lipinski definition) is 5. The second kappa shape index (κ2) is 8.79. The minimum absolute atomic E-state index is 0.146. The number of aliphatic carboxylic acids is 1. The Morgan fingerprint density at radius 2 is 2.07 bits per heavy atom. The summed E-state index contributed by atoms with van der Waals surface area (Å²) in [7, 11) is 0. The first-order chi connectivity index (χ1) is 13.5. The molecule has 28 heavy (non-hydrogen) atoms. The van der Waals surface area contributed by atoms with Gasteiger partial charge in [0, 0.05) is 6.20 Å². The molecule has 1 aliphatic rings. The first-order valence-electron chi connectivity index (χ1n) is 9.69. The van der Waals surface area contributed by atoms with Crippen LogP contribution in [0.15, 0.2) is 23.9 Å². The van der Waals surface area contributed by atoms with Gasteiger partial charge in [-0.05, 0) is 57.7 Å². The Hall–Kier alpha value is -3.01. The monoisotopic (exact) mass is 383 g/mol. The number of carboxylic acids is 1. The Balaban J connectivity index is 2.06. The molecule has 0 bridgehead atoms. The number of nitrogens with zero attached hydrogens (tertiary/aromatic N) is 3. The predicted octanol–water partition coefficient (Wildman–Crippen LogP) is 4.21. The van der Waals surface area contributed by atoms with Gasteiger partial charge >= 0.3 is 5.97 Å². The highest BCUT2D eigenvalue weighted by Gasteiger charge is 2.21. The molecule has 0 saturated heterocycles. The highest BCUT2D eigenvalue weighted by atomic mass is 16.5. The second-order valence-electron chi connectivity index (χ2n) is 7.24. The number of hydrogen-bond donors (Lipinski definition) is 1. The van der Waals surface area contributed by atoms with E-state index in [1.54, 1.807) is 16.7 Å². The van der Waals surface area contributed by atoms with Crippen LogP contribution in [0.4, 0.5) is 0 Å². The van der Waals surface area contributed by atoms with E-state index in [1.165, 1.54) is 18.9 Å². The van der Waals surface area contributed by atoms with Crippen molar-refractivity contribution in [2.24, 2.45) is 0 Å². The van der Waals surface area contributed by atoms with Gasteiger partial charge in [0.25, 0.3) is 0 Å². The van der Waals surface area contributed by atoms with Crippen molar-refractivity contribution in [3.05, 3.63) is 29.6 Å². The van der Waals surface area contributed by atoms with Gasteiger partial charge in [0.2, 0.25) is 5.88 Å². The van der Waals surface area contributed by atoms with Crippen molar-refractivity contribution in [1.82, 2.24) is 9.38 Å². The van der Waals surface area contributed by atoms with Gasteiger partial charge in [-0.3, -0.25) is 4.40 Å². The number of ether oxygens (including phenoxy) is 2. The number of pyridine rings is 1. The highest BCUT2D eigenvalue weighted by molar-refractivity contribution is 5.96. The van der Waals surface area contributed by atoms with Gasteiger partial charge < -0.3 is 14.6 Å². The summed E-state index contributed by atoms with van der Waals surface area (Å²) in [5.41, 5.74) is 0.579. The van der Waals surface area contributed by atoms with Crippen LogP contribution in [0.2, 0.25) is 0 Å². The minimum Gasteiger partial charge on any atom is -0.487 e. The van der Waals surface area contributed by atoms with E-state index in [0.29, 0.717) is 17.1 Å². The van der Waals surface area contributed by atoms with E-state index < -0.39 is 5.97 Å². The summed E-state index contributed by atoms with van der Waals surface area (Å²) in [6, 6.07) is 5.39. The smallest absolute Gasteiger partial charge is 0.346 e. The molecule has 1 aliphatic carbocycles. The van der Waals surface area contributed by atoms with Gasteiger partial charge in [0.1, 0.15) is 17.3 Å². The lowest BCUT2D eigenvalue weighted by Gasteiger charge is -2.17. The summed E-state index contributed by atoms with van der Waals surface area (Å²) in [6.45, 7) is 3.73. The van der Waals surface area contributed by atoms with Crippen LogP contribution < -0.4 is 9.47 Å². The van der Waals surface area contributed by atoms with Crippen molar-refractivity contribution < 1.29 is 19.4 Å². The zero-order chi connectivity index (χ0) is 20.1. The maximum Gasteiger partial charge on any atom is 0.346 e. The molecule has 148 valence electrons. The third kappa shape index (κ3) is 4.45. The van der Waals surface area contributed by atoms with E-state index in [9.17, 15) is 9.90 Å². The van der Waals surface area contributed by atoms with Crippen molar-refractivity contribution in [3.63, 3.8) is 0 Å². The molecule has 0 amide bonds. The molecule has 1 fully saturated rings. The standard InChI is InChI=1S/C21H25N3O4/c1-14(2)27-20-17(12-15(13-22)21(25)26)24-11-7-10-18(19(24)23-20)28-16-8-5-3-4-6-9-16/h7,10-12,14,16H,3-6,8-9H2,1-2H3,(H,25,26). The van der Waals surface area contributed by atoms with Crippen LogP contribution >= 0.6 is 0 Å². The van der Waals surface area contributed by atoms with Crippen molar-refractivity contribution in [2.45, 2.75) is 64.6 Å². The zero-order valence-electron chi connectivity index (χ0n) is 16.2. The van der Waals surface area contributed by atoms with E-state index in [1.807, 2.05) is 26.0 Å². The van der Waals surface area contributed by atoms with Gasteiger partial charge in [-0.2, -0.15) is 10.2 Å². The van der Waals surface area contributed by atoms with Crippen molar-refractivity contribution in [2.75, 3.05) is 0 Å². The van der Waals surface area contributed by atoms with E-state index >= 15 is 0 Å². The maximum absolute atomic E-state index is 11.3. The third-order valence-corrected chi connectivity index (χ3v) is 4.69. The van der Waals surface area contributed by atoms with E-state index in [4.69, 9.17) is 14.7 Å². The second-order valence-corrected chi connectivity index (χ2v) is 7.24. The molecule has 0 atom stereocenters. The number of rotatable bonds is 6. The summed E-state index contributed by atoms with van der Waals surface area (Å²) < 4.78 is 13.8. The predicted molar refractivity (Wildman–Crippen MR) is 104 cm³/mol. The van der Waals surface area contributed by atoms with Crippen molar-refractivity contribution in [3.8, 4) is 17.7 Å². The molecular weight excluding hydrogens is 358 g/mol. The van der Waals surface area contributed by atoms with Crippen molar-refractivity contribution >= 4 is 17.7 Å². The van der Waals surface area contributed by atoms with Gasteiger partial charge in [-0.15, -0.1) is 0 Å². The topological polar surface area (TPSA) is 96.9 Å². The van der Waals surface area contributed by atoms with Crippen molar-refractivity contribution in [1.29, 1.82) is 5.26 Å². The average Bonchev–Trinajstić information content (AvgIpc) is 2.81. The average molecular weight is 383 g/mol. The summed E-state index contributed by atoms with van der Waals surface area (Å²) >= 11 is 0. The van der Waals surface area contributed by atoms with E-state index in [2.05, 4.69) is 4.98 Å². The molecule has 2 heterocycles. The SMILES string of the molecule is CC(C)Oc1nc2c(OC3CCCCCC3)cccn2c1C=C(C#N)C(=O)O. The normalized spacial score (nSPS) is 16.0. The van der Waals surface area contributed by atoms with Gasteiger partial charge in [-0.25, -0.2) is 4.79 Å². The third-order valence-electron chi connectivity index (χ3n) is 4.69.